The van der Waals surface area contributed by atoms with Crippen molar-refractivity contribution in [2.24, 2.45) is 5.92 Å². The largest absolute Gasteiger partial charge is 0.493 e. The normalized spacial score (nSPS) is 12.0. The van der Waals surface area contributed by atoms with Crippen molar-refractivity contribution in [3.05, 3.63) is 58.6 Å². The van der Waals surface area contributed by atoms with E-state index in [0.717, 1.165) is 0 Å². The Morgan fingerprint density at radius 3 is 2.58 bits per heavy atom. The maximum atomic E-state index is 12.4. The van der Waals surface area contributed by atoms with Crippen molar-refractivity contribution in [3.63, 3.8) is 0 Å². The minimum atomic E-state index is -3.66. The van der Waals surface area contributed by atoms with Gasteiger partial charge in [-0.15, -0.1) is 0 Å². The Hall–Kier alpha value is -2.58. The van der Waals surface area contributed by atoms with E-state index in [1.165, 1.54) is 12.1 Å². The van der Waals surface area contributed by atoms with Crippen LogP contribution in [0.25, 0.3) is 11.1 Å². The van der Waals surface area contributed by atoms with Crippen molar-refractivity contribution in [1.82, 2.24) is 9.71 Å². The van der Waals surface area contributed by atoms with E-state index >= 15 is 0 Å². The molecular weight excluding hydrogens is 356 g/mol. The number of ether oxygens (including phenoxy) is 1. The van der Waals surface area contributed by atoms with Crippen LogP contribution in [0.5, 0.6) is 5.75 Å². The molecule has 0 aliphatic carbocycles. The second kappa shape index (κ2) is 7.35. The van der Waals surface area contributed by atoms with Crippen LogP contribution in [0.4, 0.5) is 0 Å². The first-order valence-corrected chi connectivity index (χ1v) is 9.66. The first-order valence-electron chi connectivity index (χ1n) is 8.18. The molecule has 0 saturated heterocycles. The van der Waals surface area contributed by atoms with Gasteiger partial charge in [-0.3, -0.25) is 4.98 Å². The van der Waals surface area contributed by atoms with Gasteiger partial charge in [0.05, 0.1) is 17.0 Å². The maximum absolute atomic E-state index is 12.4. The number of oxazole rings is 1. The molecule has 1 aromatic heterocycles. The molecule has 2 N–H and O–H groups in total. The summed E-state index contributed by atoms with van der Waals surface area (Å²) in [6.07, 6.45) is 0. The highest BCUT2D eigenvalue weighted by Crippen LogP contribution is 2.17. The number of hydrogen-bond acceptors (Lipinski definition) is 5. The highest BCUT2D eigenvalue weighted by Gasteiger charge is 2.14. The molecule has 0 spiro atoms. The highest BCUT2D eigenvalue weighted by molar-refractivity contribution is 7.89. The molecular formula is C18H20N2O5S. The van der Waals surface area contributed by atoms with Crippen LogP contribution in [0.3, 0.4) is 0 Å². The lowest BCUT2D eigenvalue weighted by atomic mass is 10.2. The summed E-state index contributed by atoms with van der Waals surface area (Å²) in [6.45, 7) is 4.75. The van der Waals surface area contributed by atoms with Gasteiger partial charge in [-0.05, 0) is 47.9 Å². The number of aromatic nitrogens is 1. The van der Waals surface area contributed by atoms with Crippen LogP contribution in [-0.2, 0) is 16.6 Å². The molecule has 1 heterocycles. The van der Waals surface area contributed by atoms with Crippen molar-refractivity contribution in [2.75, 3.05) is 6.61 Å². The fourth-order valence-electron chi connectivity index (χ4n) is 2.35. The predicted molar refractivity (Wildman–Crippen MR) is 97.6 cm³/mol. The summed E-state index contributed by atoms with van der Waals surface area (Å²) in [5.41, 5.74) is 1.66. The standard InChI is InChI=1S/C18H20N2O5S/c1-12(2)11-24-14-4-6-15(7-5-14)26(22,23)19-10-13-3-8-17-16(9-13)20-18(21)25-17/h3-9,12,19H,10-11H2,1-2H3,(H,20,21). The molecule has 0 aliphatic heterocycles. The molecule has 7 nitrogen and oxygen atoms in total. The summed E-state index contributed by atoms with van der Waals surface area (Å²) in [4.78, 5) is 13.9. The fourth-order valence-corrected chi connectivity index (χ4v) is 3.37. The van der Waals surface area contributed by atoms with Crippen LogP contribution < -0.4 is 15.2 Å². The van der Waals surface area contributed by atoms with E-state index < -0.39 is 15.8 Å². The van der Waals surface area contributed by atoms with Gasteiger partial charge in [0.2, 0.25) is 10.0 Å². The Morgan fingerprint density at radius 1 is 1.15 bits per heavy atom. The van der Waals surface area contributed by atoms with E-state index in [1.54, 1.807) is 30.3 Å². The molecule has 0 aliphatic rings. The van der Waals surface area contributed by atoms with Crippen LogP contribution in [0.15, 0.2) is 56.6 Å². The van der Waals surface area contributed by atoms with E-state index in [2.05, 4.69) is 9.71 Å². The molecule has 3 aromatic rings. The summed E-state index contributed by atoms with van der Waals surface area (Å²) >= 11 is 0. The van der Waals surface area contributed by atoms with Crippen molar-refractivity contribution >= 4 is 21.1 Å². The molecule has 0 saturated carbocycles. The monoisotopic (exact) mass is 376 g/mol. The zero-order valence-corrected chi connectivity index (χ0v) is 15.3. The number of sulfonamides is 1. The molecule has 0 unspecified atom stereocenters. The minimum Gasteiger partial charge on any atom is -0.493 e. The molecule has 138 valence electrons. The average molecular weight is 376 g/mol. The second-order valence-electron chi connectivity index (χ2n) is 6.35. The zero-order valence-electron chi connectivity index (χ0n) is 14.5. The van der Waals surface area contributed by atoms with Gasteiger partial charge in [0.1, 0.15) is 5.75 Å². The lowest BCUT2D eigenvalue weighted by Crippen LogP contribution is -2.23. The van der Waals surface area contributed by atoms with E-state index in [4.69, 9.17) is 9.15 Å². The van der Waals surface area contributed by atoms with Crippen molar-refractivity contribution < 1.29 is 17.6 Å². The lowest BCUT2D eigenvalue weighted by Gasteiger charge is -2.10. The van der Waals surface area contributed by atoms with Crippen molar-refractivity contribution in [1.29, 1.82) is 0 Å². The van der Waals surface area contributed by atoms with Crippen molar-refractivity contribution in [2.45, 2.75) is 25.3 Å². The highest BCUT2D eigenvalue weighted by atomic mass is 32.2. The SMILES string of the molecule is CC(C)COc1ccc(S(=O)(=O)NCc2ccc3oc(=O)[nH]c3c2)cc1. The van der Waals surface area contributed by atoms with Gasteiger partial charge >= 0.3 is 5.76 Å². The van der Waals surface area contributed by atoms with Gasteiger partial charge in [0.15, 0.2) is 5.58 Å². The minimum absolute atomic E-state index is 0.0943. The van der Waals surface area contributed by atoms with Crippen LogP contribution in [-0.4, -0.2) is 20.0 Å². The Labute approximate surface area is 151 Å². The number of hydrogen-bond donors (Lipinski definition) is 2. The number of aromatic amines is 1. The number of fused-ring (bicyclic) bond motifs is 1. The lowest BCUT2D eigenvalue weighted by molar-refractivity contribution is 0.271. The van der Waals surface area contributed by atoms with Gasteiger partial charge in [-0.2, -0.15) is 0 Å². The Bertz CT molecular complexity index is 1050. The molecule has 0 fully saturated rings. The topological polar surface area (TPSA) is 101 Å². The molecule has 0 radical (unpaired) electrons. The third kappa shape index (κ3) is 4.33. The molecule has 0 amide bonds. The molecule has 0 atom stereocenters. The summed E-state index contributed by atoms with van der Waals surface area (Å²) in [5, 5.41) is 0. The molecule has 3 rings (SSSR count). The smallest absolute Gasteiger partial charge is 0.417 e. The van der Waals surface area contributed by atoms with Gasteiger partial charge in [0.25, 0.3) is 0 Å². The first-order chi connectivity index (χ1) is 12.3. The number of nitrogens with one attached hydrogen (secondary N) is 2. The Kier molecular flexibility index (Phi) is 5.15. The second-order valence-corrected chi connectivity index (χ2v) is 8.11. The number of H-pyrrole nitrogens is 1. The van der Waals surface area contributed by atoms with Gasteiger partial charge in [-0.1, -0.05) is 19.9 Å². The zero-order chi connectivity index (χ0) is 18.7. The molecule has 2 aromatic carbocycles. The number of rotatable bonds is 7. The summed E-state index contributed by atoms with van der Waals surface area (Å²) in [5.74, 6) is 0.479. The van der Waals surface area contributed by atoms with Crippen LogP contribution in [0.1, 0.15) is 19.4 Å². The quantitative estimate of drug-likeness (QED) is 0.660. The van der Waals surface area contributed by atoms with Gasteiger partial charge in [0, 0.05) is 6.54 Å². The van der Waals surface area contributed by atoms with E-state index in [9.17, 15) is 13.2 Å². The van der Waals surface area contributed by atoms with Crippen LogP contribution in [0.2, 0.25) is 0 Å². The first kappa shape index (κ1) is 18.2. The summed E-state index contributed by atoms with van der Waals surface area (Å²) in [6, 6.07) is 11.3. The van der Waals surface area contributed by atoms with Crippen LogP contribution >= 0.6 is 0 Å². The molecule has 0 bridgehead atoms. The Balaban J connectivity index is 1.68. The van der Waals surface area contributed by atoms with Crippen molar-refractivity contribution in [3.8, 4) is 5.75 Å². The Morgan fingerprint density at radius 2 is 1.88 bits per heavy atom. The van der Waals surface area contributed by atoms with E-state index in [0.29, 0.717) is 34.9 Å². The fraction of sp³-hybridized carbons (Fsp3) is 0.278. The summed E-state index contributed by atoms with van der Waals surface area (Å²) < 4.78 is 37.9. The van der Waals surface area contributed by atoms with Gasteiger partial charge in [-0.25, -0.2) is 17.9 Å². The number of benzene rings is 2. The average Bonchev–Trinajstić information content (AvgIpc) is 2.98. The van der Waals surface area contributed by atoms with E-state index in [-0.39, 0.29) is 11.4 Å². The van der Waals surface area contributed by atoms with E-state index in [1.807, 2.05) is 13.8 Å². The molecule has 26 heavy (non-hydrogen) atoms. The molecule has 8 heteroatoms. The summed E-state index contributed by atoms with van der Waals surface area (Å²) in [7, 11) is -3.66. The van der Waals surface area contributed by atoms with Crippen LogP contribution in [0, 0.1) is 5.92 Å². The van der Waals surface area contributed by atoms with Gasteiger partial charge < -0.3 is 9.15 Å². The maximum Gasteiger partial charge on any atom is 0.417 e. The predicted octanol–water partition coefficient (Wildman–Crippen LogP) is 2.63. The third-order valence-electron chi connectivity index (χ3n) is 3.67. The third-order valence-corrected chi connectivity index (χ3v) is 5.08.